The summed E-state index contributed by atoms with van der Waals surface area (Å²) in [7, 11) is 0. The van der Waals surface area contributed by atoms with Crippen LogP contribution in [0, 0.1) is 5.41 Å². The van der Waals surface area contributed by atoms with E-state index in [1.165, 1.54) is 0 Å². The van der Waals surface area contributed by atoms with Crippen molar-refractivity contribution in [2.24, 2.45) is 4.40 Å². The van der Waals surface area contributed by atoms with E-state index >= 15 is 0 Å². The number of hydrogen-bond donors (Lipinski definition) is 2. The molecule has 0 amide bonds. The average Bonchev–Trinajstić information content (AvgIpc) is 3.63. The van der Waals surface area contributed by atoms with Gasteiger partial charge in [0.15, 0.2) is 5.82 Å². The summed E-state index contributed by atoms with van der Waals surface area (Å²) in [6.07, 6.45) is 3.71. The molecular weight excluding hydrogens is 683 g/mol. The summed E-state index contributed by atoms with van der Waals surface area (Å²) in [5.41, 5.74) is 13.7. The molecule has 9 aromatic rings. The van der Waals surface area contributed by atoms with Crippen molar-refractivity contribution in [2.75, 3.05) is 0 Å². The zero-order valence-corrected chi connectivity index (χ0v) is 29.6. The minimum absolute atomic E-state index is 0.321. The zero-order valence-electron chi connectivity index (χ0n) is 28.7. The third-order valence-corrected chi connectivity index (χ3v) is 10.2. The van der Waals surface area contributed by atoms with Crippen LogP contribution in [0.3, 0.4) is 0 Å². The van der Waals surface area contributed by atoms with E-state index < -0.39 is 0 Å². The van der Waals surface area contributed by atoms with Crippen LogP contribution in [-0.2, 0) is 0 Å². The zero-order chi connectivity index (χ0) is 36.2. The van der Waals surface area contributed by atoms with Gasteiger partial charge in [-0.05, 0) is 48.7 Å². The first kappa shape index (κ1) is 31.7. The number of nitrogens with one attached hydrogen (secondary N) is 1. The van der Waals surface area contributed by atoms with Crippen LogP contribution < -0.4 is 0 Å². The van der Waals surface area contributed by atoms with Gasteiger partial charge < -0.3 is 4.42 Å². The van der Waals surface area contributed by atoms with Crippen LogP contribution in [0.5, 0.6) is 0 Å². The fourth-order valence-electron chi connectivity index (χ4n) is 7.40. The number of nitrogens with zero attached hydrogens (tertiary/aromatic N) is 4. The van der Waals surface area contributed by atoms with Crippen molar-refractivity contribution in [3.8, 4) is 56.3 Å². The van der Waals surface area contributed by atoms with Crippen LogP contribution in [0.2, 0.25) is 0 Å². The molecule has 10 rings (SSSR count). The highest BCUT2D eigenvalue weighted by atomic mass is 32.1. The topological polar surface area (TPSA) is 88.0 Å². The normalized spacial score (nSPS) is 13.3. The first-order chi connectivity index (χ1) is 26.6. The maximum Gasteiger partial charge on any atom is 0.160 e. The van der Waals surface area contributed by atoms with E-state index in [0.29, 0.717) is 17.2 Å². The van der Waals surface area contributed by atoms with Crippen molar-refractivity contribution in [3.63, 3.8) is 0 Å². The second-order valence-electron chi connectivity index (χ2n) is 13.2. The maximum absolute atomic E-state index is 8.50. The SMILES string of the molecule is N=C1C=Cc2c(-c3ccc(-c4cc(-c5ccc(-c6cccc7c6oc6ccccc67)cc5)nc(-c5ccccc5)n4)cc3)nc3ccccc3c2/C1=N/S. The van der Waals surface area contributed by atoms with E-state index in [2.05, 4.69) is 96.1 Å². The molecule has 0 spiro atoms. The summed E-state index contributed by atoms with van der Waals surface area (Å²) in [5, 5.41) is 11.7. The molecule has 0 fully saturated rings. The average molecular weight is 712 g/mol. The van der Waals surface area contributed by atoms with Crippen LogP contribution in [0.1, 0.15) is 11.1 Å². The van der Waals surface area contributed by atoms with Gasteiger partial charge in [-0.3, -0.25) is 5.41 Å². The van der Waals surface area contributed by atoms with Crippen molar-refractivity contribution in [3.05, 3.63) is 169 Å². The predicted molar refractivity (Wildman–Crippen MR) is 224 cm³/mol. The van der Waals surface area contributed by atoms with Crippen LogP contribution in [0.4, 0.5) is 0 Å². The first-order valence-electron chi connectivity index (χ1n) is 17.6. The molecule has 3 heterocycles. The molecule has 0 aliphatic heterocycles. The number of hydrogen-bond acceptors (Lipinski definition) is 7. The molecule has 1 aliphatic carbocycles. The number of para-hydroxylation sites is 3. The monoisotopic (exact) mass is 711 g/mol. The third-order valence-electron chi connectivity index (χ3n) is 10.0. The van der Waals surface area contributed by atoms with Gasteiger partial charge in [0.05, 0.1) is 28.3 Å². The second-order valence-corrected chi connectivity index (χ2v) is 13.4. The van der Waals surface area contributed by atoms with Crippen LogP contribution >= 0.6 is 12.8 Å². The highest BCUT2D eigenvalue weighted by Gasteiger charge is 2.24. The summed E-state index contributed by atoms with van der Waals surface area (Å²) >= 11 is 4.24. The Morgan fingerprint density at radius 1 is 0.537 bits per heavy atom. The Kier molecular flexibility index (Phi) is 7.59. The Labute approximate surface area is 316 Å². The molecule has 3 aromatic heterocycles. The Bertz CT molecular complexity index is 3000. The number of fused-ring (bicyclic) bond motifs is 6. The summed E-state index contributed by atoms with van der Waals surface area (Å²) in [6, 6.07) is 51.4. The molecular formula is C47H29N5OS. The van der Waals surface area contributed by atoms with Gasteiger partial charge in [0.2, 0.25) is 0 Å². The van der Waals surface area contributed by atoms with Gasteiger partial charge in [-0.2, -0.15) is 0 Å². The van der Waals surface area contributed by atoms with Gasteiger partial charge in [0.25, 0.3) is 0 Å². The molecule has 1 aliphatic rings. The number of pyridine rings is 1. The largest absolute Gasteiger partial charge is 0.455 e. The van der Waals surface area contributed by atoms with Crippen molar-refractivity contribution in [1.82, 2.24) is 15.0 Å². The maximum atomic E-state index is 8.50. The molecule has 0 unspecified atom stereocenters. The molecule has 0 radical (unpaired) electrons. The number of benzene rings is 6. The summed E-state index contributed by atoms with van der Waals surface area (Å²) in [5.74, 6) is 0.653. The van der Waals surface area contributed by atoms with Crippen molar-refractivity contribution < 1.29 is 4.42 Å². The molecule has 0 saturated heterocycles. The Balaban J connectivity index is 1.05. The Hall–Kier alpha value is -6.96. The summed E-state index contributed by atoms with van der Waals surface area (Å²) in [4.78, 5) is 15.2. The molecule has 1 N–H and O–H groups in total. The van der Waals surface area contributed by atoms with E-state index in [-0.39, 0.29) is 0 Å². The highest BCUT2D eigenvalue weighted by molar-refractivity contribution is 7.79. The number of allylic oxidation sites excluding steroid dienone is 1. The minimum Gasteiger partial charge on any atom is -0.455 e. The molecule has 6 nitrogen and oxygen atoms in total. The standard InChI is InChI=1S/C47H29N5OS/c48-38-26-25-37-43(45(38)52-54)36-12-4-6-15-39(36)49-44(37)31-23-21-30(22-24-31)41-27-40(50-47(51-41)32-9-2-1-3-10-32)29-19-17-28(18-20-29)33-13-8-14-35-34-11-5-7-16-42(34)53-46(33)35/h1-27,48,54H/b48-38?,52-45+. The van der Waals surface area contributed by atoms with Gasteiger partial charge in [-0.1, -0.05) is 133 Å². The van der Waals surface area contributed by atoms with Gasteiger partial charge in [0, 0.05) is 55.1 Å². The van der Waals surface area contributed by atoms with Crippen LogP contribution in [-0.4, -0.2) is 26.4 Å². The van der Waals surface area contributed by atoms with Crippen LogP contribution in [0.25, 0.3) is 95.2 Å². The van der Waals surface area contributed by atoms with Gasteiger partial charge in [-0.25, -0.2) is 19.3 Å². The lowest BCUT2D eigenvalue weighted by atomic mass is 9.88. The number of thiol groups is 1. The lowest BCUT2D eigenvalue weighted by Gasteiger charge is -2.19. The third kappa shape index (κ3) is 5.33. The molecule has 6 aromatic carbocycles. The lowest BCUT2D eigenvalue weighted by Crippen LogP contribution is -2.18. The highest BCUT2D eigenvalue weighted by Crippen LogP contribution is 2.38. The van der Waals surface area contributed by atoms with Gasteiger partial charge >= 0.3 is 0 Å². The summed E-state index contributed by atoms with van der Waals surface area (Å²) < 4.78 is 10.5. The first-order valence-corrected chi connectivity index (χ1v) is 18.0. The lowest BCUT2D eigenvalue weighted by molar-refractivity contribution is 0.670. The fourth-order valence-corrected chi connectivity index (χ4v) is 7.61. The fraction of sp³-hybridized carbons (Fsp3) is 0. The Morgan fingerprint density at radius 3 is 1.91 bits per heavy atom. The van der Waals surface area contributed by atoms with Gasteiger partial charge in [0.1, 0.15) is 16.9 Å². The van der Waals surface area contributed by atoms with E-state index in [1.54, 1.807) is 6.08 Å². The number of rotatable bonds is 5. The van der Waals surface area contributed by atoms with E-state index in [9.17, 15) is 0 Å². The molecule has 254 valence electrons. The number of furan rings is 1. The summed E-state index contributed by atoms with van der Waals surface area (Å²) in [6.45, 7) is 0. The molecule has 0 bridgehead atoms. The molecule has 7 heteroatoms. The number of aromatic nitrogens is 3. The second kappa shape index (κ2) is 12.9. The van der Waals surface area contributed by atoms with Crippen molar-refractivity contribution >= 4 is 63.2 Å². The van der Waals surface area contributed by atoms with Crippen molar-refractivity contribution in [1.29, 1.82) is 5.41 Å². The van der Waals surface area contributed by atoms with E-state index in [4.69, 9.17) is 24.8 Å². The smallest absolute Gasteiger partial charge is 0.160 e. The van der Waals surface area contributed by atoms with Crippen LogP contribution in [0.15, 0.2) is 167 Å². The molecule has 54 heavy (non-hydrogen) atoms. The molecule has 0 atom stereocenters. The van der Waals surface area contributed by atoms with E-state index in [0.717, 1.165) is 94.4 Å². The minimum atomic E-state index is 0.321. The molecule has 0 saturated carbocycles. The quantitative estimate of drug-likeness (QED) is 0.174. The Morgan fingerprint density at radius 2 is 1.17 bits per heavy atom. The predicted octanol–water partition coefficient (Wildman–Crippen LogP) is 11.9. The van der Waals surface area contributed by atoms with Gasteiger partial charge in [-0.15, -0.1) is 0 Å². The van der Waals surface area contributed by atoms with Crippen molar-refractivity contribution in [2.45, 2.75) is 0 Å². The van der Waals surface area contributed by atoms with E-state index in [1.807, 2.05) is 78.9 Å².